The minimum Gasteiger partial charge on any atom is -0.475 e. The number of furan rings is 1. The molecule has 3 aromatic rings. The van der Waals surface area contributed by atoms with Crippen molar-refractivity contribution in [2.24, 2.45) is 0 Å². The van der Waals surface area contributed by atoms with Gasteiger partial charge in [-0.2, -0.15) is 18.3 Å². The summed E-state index contributed by atoms with van der Waals surface area (Å²) in [5.41, 5.74) is 0.938. The van der Waals surface area contributed by atoms with E-state index < -0.39 is 23.5 Å². The van der Waals surface area contributed by atoms with Gasteiger partial charge in [-0.05, 0) is 30.5 Å². The van der Waals surface area contributed by atoms with Crippen LogP contribution >= 0.6 is 0 Å². The van der Waals surface area contributed by atoms with Gasteiger partial charge in [0.25, 0.3) is 0 Å². The number of carbonyl (C=O) groups is 1. The van der Waals surface area contributed by atoms with Gasteiger partial charge in [0, 0.05) is 24.5 Å². The van der Waals surface area contributed by atoms with Gasteiger partial charge >= 0.3 is 12.1 Å². The van der Waals surface area contributed by atoms with Crippen molar-refractivity contribution in [3.63, 3.8) is 0 Å². The second kappa shape index (κ2) is 5.97. The van der Waals surface area contributed by atoms with Gasteiger partial charge in [-0.15, -0.1) is 0 Å². The van der Waals surface area contributed by atoms with Crippen molar-refractivity contribution in [3.05, 3.63) is 58.4 Å². The molecule has 6 nitrogen and oxygen atoms in total. The van der Waals surface area contributed by atoms with E-state index in [1.165, 1.54) is 0 Å². The molecule has 0 unspecified atom stereocenters. The van der Waals surface area contributed by atoms with Crippen LogP contribution in [-0.2, 0) is 25.6 Å². The molecule has 4 rings (SSSR count). The van der Waals surface area contributed by atoms with Gasteiger partial charge in [0.05, 0.1) is 17.8 Å². The van der Waals surface area contributed by atoms with Crippen molar-refractivity contribution in [1.29, 1.82) is 0 Å². The summed E-state index contributed by atoms with van der Waals surface area (Å²) in [7, 11) is 0. The summed E-state index contributed by atoms with van der Waals surface area (Å²) in [6.07, 6.45) is -0.867. The number of nitrogens with zero attached hydrogens (tertiary/aromatic N) is 3. The number of pyridine rings is 1. The summed E-state index contributed by atoms with van der Waals surface area (Å²) in [6.45, 7) is 2.20. The normalized spacial score (nSPS) is 13.3. The van der Waals surface area contributed by atoms with Crippen LogP contribution in [0.15, 0.2) is 28.9 Å². The van der Waals surface area contributed by atoms with Crippen molar-refractivity contribution >= 4 is 5.97 Å². The zero-order valence-electron chi connectivity index (χ0n) is 14.2. The predicted octanol–water partition coefficient (Wildman–Crippen LogP) is 3.71. The Balaban J connectivity index is 1.80. The fourth-order valence-electron chi connectivity index (χ4n) is 3.29. The molecule has 0 aromatic carbocycles. The Morgan fingerprint density at radius 1 is 1.33 bits per heavy atom. The fourth-order valence-corrected chi connectivity index (χ4v) is 3.29. The number of carboxylic acids is 1. The second-order valence-corrected chi connectivity index (χ2v) is 6.42. The summed E-state index contributed by atoms with van der Waals surface area (Å²) in [6, 6.07) is 3.71. The van der Waals surface area contributed by atoms with E-state index in [2.05, 4.69) is 10.1 Å². The van der Waals surface area contributed by atoms with Crippen LogP contribution in [-0.4, -0.2) is 25.8 Å². The fraction of sp³-hybridized carbons (Fsp3) is 0.278. The molecule has 140 valence electrons. The third-order valence-electron chi connectivity index (χ3n) is 4.47. The first kappa shape index (κ1) is 17.3. The molecule has 0 atom stereocenters. The van der Waals surface area contributed by atoms with E-state index in [0.717, 1.165) is 11.3 Å². The smallest absolute Gasteiger partial charge is 0.421 e. The topological polar surface area (TPSA) is 81.2 Å². The van der Waals surface area contributed by atoms with Gasteiger partial charge in [-0.1, -0.05) is 6.07 Å². The monoisotopic (exact) mass is 377 g/mol. The first-order chi connectivity index (χ1) is 12.7. The molecule has 3 aromatic heterocycles. The molecular formula is C18H14F3N3O3. The Kier molecular flexibility index (Phi) is 3.83. The van der Waals surface area contributed by atoms with Crippen molar-refractivity contribution in [1.82, 2.24) is 14.8 Å². The van der Waals surface area contributed by atoms with Crippen LogP contribution in [0.25, 0.3) is 11.3 Å². The molecule has 0 amide bonds. The first-order valence-corrected chi connectivity index (χ1v) is 8.18. The van der Waals surface area contributed by atoms with Crippen LogP contribution in [0.4, 0.5) is 13.2 Å². The summed E-state index contributed by atoms with van der Waals surface area (Å²) >= 11 is 0. The molecule has 0 fully saturated rings. The molecular weight excluding hydrogens is 363 g/mol. The van der Waals surface area contributed by atoms with Crippen LogP contribution in [0.1, 0.15) is 38.7 Å². The van der Waals surface area contributed by atoms with Crippen LogP contribution in [0.3, 0.4) is 0 Å². The number of carboxylic acid groups (broad SMARTS) is 1. The van der Waals surface area contributed by atoms with E-state index in [0.29, 0.717) is 18.5 Å². The molecule has 0 radical (unpaired) electrons. The second-order valence-electron chi connectivity index (χ2n) is 6.42. The lowest BCUT2D eigenvalue weighted by atomic mass is 9.93. The minimum absolute atomic E-state index is 0.00878. The molecule has 0 saturated carbocycles. The van der Waals surface area contributed by atoms with Crippen LogP contribution in [0.2, 0.25) is 0 Å². The SMILES string of the molecule is Cc1ccc(Cn2cc3c(n2)-c2c(oc(C(=O)O)c2C(F)(F)F)CC3)cn1. The highest BCUT2D eigenvalue weighted by molar-refractivity contribution is 5.90. The molecule has 0 saturated heterocycles. The minimum atomic E-state index is -4.86. The lowest BCUT2D eigenvalue weighted by molar-refractivity contribution is -0.138. The van der Waals surface area contributed by atoms with Crippen molar-refractivity contribution in [3.8, 4) is 11.3 Å². The van der Waals surface area contributed by atoms with Crippen LogP contribution in [0.5, 0.6) is 0 Å². The molecule has 1 aliphatic carbocycles. The highest BCUT2D eigenvalue weighted by atomic mass is 19.4. The molecule has 9 heteroatoms. The summed E-state index contributed by atoms with van der Waals surface area (Å²) in [5.74, 6) is -2.82. The average molecular weight is 377 g/mol. The number of hydrogen-bond acceptors (Lipinski definition) is 4. The Bertz CT molecular complexity index is 1030. The predicted molar refractivity (Wildman–Crippen MR) is 87.4 cm³/mol. The number of aryl methyl sites for hydroxylation is 3. The van der Waals surface area contributed by atoms with Gasteiger partial charge in [0.2, 0.25) is 5.76 Å². The Hall–Kier alpha value is -3.10. The van der Waals surface area contributed by atoms with Crippen LogP contribution < -0.4 is 0 Å². The summed E-state index contributed by atoms with van der Waals surface area (Å²) in [5, 5.41) is 13.4. The molecule has 0 aliphatic heterocycles. The quantitative estimate of drug-likeness (QED) is 0.753. The molecule has 3 heterocycles. The Morgan fingerprint density at radius 2 is 2.11 bits per heavy atom. The van der Waals surface area contributed by atoms with Crippen molar-refractivity contribution in [2.75, 3.05) is 0 Å². The zero-order valence-corrected chi connectivity index (χ0v) is 14.2. The number of halogens is 3. The van der Waals surface area contributed by atoms with E-state index in [-0.39, 0.29) is 23.4 Å². The van der Waals surface area contributed by atoms with Crippen molar-refractivity contribution < 1.29 is 27.5 Å². The molecule has 1 N–H and O–H groups in total. The highest BCUT2D eigenvalue weighted by Crippen LogP contribution is 2.46. The van der Waals surface area contributed by atoms with E-state index >= 15 is 0 Å². The Labute approximate surface area is 151 Å². The third kappa shape index (κ3) is 2.98. The number of hydrogen-bond donors (Lipinski definition) is 1. The highest BCUT2D eigenvalue weighted by Gasteiger charge is 2.45. The lowest BCUT2D eigenvalue weighted by Gasteiger charge is -2.12. The van der Waals surface area contributed by atoms with Gasteiger partial charge in [-0.3, -0.25) is 9.67 Å². The summed E-state index contributed by atoms with van der Waals surface area (Å²) < 4.78 is 47.2. The van der Waals surface area contributed by atoms with E-state index in [1.807, 2.05) is 19.1 Å². The molecule has 0 bridgehead atoms. The molecule has 27 heavy (non-hydrogen) atoms. The number of fused-ring (bicyclic) bond motifs is 3. The van der Waals surface area contributed by atoms with Gasteiger partial charge in [0.1, 0.15) is 11.3 Å². The van der Waals surface area contributed by atoms with Gasteiger partial charge < -0.3 is 9.52 Å². The standard InChI is InChI=1S/C18H14F3N3O3/c1-9-2-3-10(6-22-9)7-24-8-11-4-5-12-13(15(11)23-24)14(18(19,20)21)16(27-12)17(25)26/h2-3,6,8H,4-5,7H2,1H3,(H,25,26). The van der Waals surface area contributed by atoms with Crippen LogP contribution in [0, 0.1) is 6.92 Å². The Morgan fingerprint density at radius 3 is 2.74 bits per heavy atom. The number of aromatic nitrogens is 3. The van der Waals surface area contributed by atoms with Gasteiger partial charge in [0.15, 0.2) is 0 Å². The zero-order chi connectivity index (χ0) is 19.3. The van der Waals surface area contributed by atoms with Gasteiger partial charge in [-0.25, -0.2) is 4.79 Å². The summed E-state index contributed by atoms with van der Waals surface area (Å²) in [4.78, 5) is 15.4. The van der Waals surface area contributed by atoms with E-state index in [9.17, 15) is 18.0 Å². The number of alkyl halides is 3. The maximum absolute atomic E-state index is 13.5. The number of rotatable bonds is 3. The largest absolute Gasteiger partial charge is 0.475 e. The number of aromatic carboxylic acids is 1. The van der Waals surface area contributed by atoms with E-state index in [1.54, 1.807) is 17.1 Å². The first-order valence-electron chi connectivity index (χ1n) is 8.18. The lowest BCUT2D eigenvalue weighted by Crippen LogP contribution is -2.13. The van der Waals surface area contributed by atoms with Crippen molar-refractivity contribution in [2.45, 2.75) is 32.5 Å². The average Bonchev–Trinajstić information content (AvgIpc) is 3.16. The molecule has 1 aliphatic rings. The molecule has 0 spiro atoms. The third-order valence-corrected chi connectivity index (χ3v) is 4.47. The maximum Gasteiger partial charge on any atom is 0.421 e. The maximum atomic E-state index is 13.5. The van der Waals surface area contributed by atoms with E-state index in [4.69, 9.17) is 9.52 Å².